The number of nitrogens with zero attached hydrogens (tertiary/aromatic N) is 1. The number of nitrogens with one attached hydrogen (secondary N) is 3. The maximum Gasteiger partial charge on any atom is 0.407 e. The van der Waals surface area contributed by atoms with Crippen LogP contribution >= 0.6 is 0 Å². The van der Waals surface area contributed by atoms with E-state index >= 15 is 0 Å². The first-order valence-electron chi connectivity index (χ1n) is 16.5. The van der Waals surface area contributed by atoms with Crippen molar-refractivity contribution in [3.8, 4) is 0 Å². The summed E-state index contributed by atoms with van der Waals surface area (Å²) in [5.74, 6) is 0.00786. The minimum Gasteiger partial charge on any atom is -0.444 e. The van der Waals surface area contributed by atoms with Crippen LogP contribution in [0.1, 0.15) is 93.7 Å². The highest BCUT2D eigenvalue weighted by molar-refractivity contribution is 7.89. The summed E-state index contributed by atoms with van der Waals surface area (Å²) in [5.41, 5.74) is 4.52. The average Bonchev–Trinajstić information content (AvgIpc) is 2.91. The molecule has 0 aliphatic rings. The van der Waals surface area contributed by atoms with E-state index in [2.05, 4.69) is 15.4 Å². The van der Waals surface area contributed by atoms with Crippen LogP contribution in [0.2, 0.25) is 0 Å². The van der Waals surface area contributed by atoms with Crippen LogP contribution in [0, 0.1) is 41.5 Å². The van der Waals surface area contributed by atoms with Crippen molar-refractivity contribution in [3.05, 3.63) is 57.6 Å². The smallest absolute Gasteiger partial charge is 0.407 e. The number of unbranched alkanes of at least 4 members (excludes halogenated alkanes) is 1. The lowest BCUT2D eigenvalue weighted by Crippen LogP contribution is -2.33. The van der Waals surface area contributed by atoms with Crippen molar-refractivity contribution in [3.63, 3.8) is 0 Å². The Morgan fingerprint density at radius 3 is 1.69 bits per heavy atom. The molecule has 2 rings (SSSR count). The van der Waals surface area contributed by atoms with Gasteiger partial charge in [0.15, 0.2) is 0 Å². The molecule has 13 heteroatoms. The van der Waals surface area contributed by atoms with Gasteiger partial charge in [-0.1, -0.05) is 42.3 Å². The topological polar surface area (TPSA) is 151 Å². The molecule has 0 aliphatic carbocycles. The second-order valence-electron chi connectivity index (χ2n) is 13.0. The van der Waals surface area contributed by atoms with E-state index in [1.807, 2.05) is 65.8 Å². The van der Waals surface area contributed by atoms with E-state index in [1.54, 1.807) is 34.6 Å². The standard InChI is InChI=1S/C24H36N2O4S2.C11H22N2O3/c1-8-26(32(29,30)24-21(6)15-18(3)16-22(24)7)12-10-9-11-25-31(27,28)23-19(4)13-17(2)14-20(23)5;1-5-12-9(14)7-6-8-13-10(15)16-11(2,3)4/h13-16,25H,8-12H2,1-7H3;5-8H2,1-4H3,(H,12,14)(H,13,15). The van der Waals surface area contributed by atoms with Gasteiger partial charge in [-0.2, -0.15) is 4.31 Å². The molecule has 0 saturated carbocycles. The number of rotatable bonds is 15. The summed E-state index contributed by atoms with van der Waals surface area (Å²) in [6.45, 7) is 22.3. The lowest BCUT2D eigenvalue weighted by molar-refractivity contribution is -0.121. The van der Waals surface area contributed by atoms with Crippen LogP contribution in [0.4, 0.5) is 4.79 Å². The maximum absolute atomic E-state index is 13.2. The number of ether oxygens (including phenoxy) is 1. The van der Waals surface area contributed by atoms with Crippen LogP contribution in [-0.4, -0.2) is 71.5 Å². The maximum atomic E-state index is 13.2. The molecule has 11 nitrogen and oxygen atoms in total. The number of alkyl carbamates (subject to hydrolysis) is 1. The highest BCUT2D eigenvalue weighted by atomic mass is 32.2. The molecule has 0 radical (unpaired) electrons. The Hall–Kier alpha value is -3.00. The lowest BCUT2D eigenvalue weighted by Gasteiger charge is -2.23. The number of carbonyl (C=O) groups excluding carboxylic acids is 2. The van der Waals surface area contributed by atoms with Gasteiger partial charge in [-0.15, -0.1) is 0 Å². The number of carbonyl (C=O) groups is 2. The minimum absolute atomic E-state index is 0.00786. The zero-order chi connectivity index (χ0) is 36.9. The van der Waals surface area contributed by atoms with Crippen molar-refractivity contribution in [1.82, 2.24) is 19.7 Å². The predicted octanol–water partition coefficient (Wildman–Crippen LogP) is 5.73. The molecule has 3 N–H and O–H groups in total. The Morgan fingerprint density at radius 1 is 0.729 bits per heavy atom. The van der Waals surface area contributed by atoms with Crippen LogP contribution in [-0.2, 0) is 29.6 Å². The van der Waals surface area contributed by atoms with Crippen LogP contribution < -0.4 is 15.4 Å². The Bertz CT molecular complexity index is 1550. The van der Waals surface area contributed by atoms with Crippen molar-refractivity contribution < 1.29 is 31.2 Å². The SMILES string of the molecule is CCN(CCCCNS(=O)(=O)c1c(C)cc(C)cc1C)S(=O)(=O)c1c(C)cc(C)cc1C.CCNC(=O)CCCNC(=O)OC(C)(C)C. The van der Waals surface area contributed by atoms with Crippen LogP contribution in [0.25, 0.3) is 0 Å². The van der Waals surface area contributed by atoms with Crippen molar-refractivity contribution in [2.24, 2.45) is 0 Å². The summed E-state index contributed by atoms with van der Waals surface area (Å²) >= 11 is 0. The third kappa shape index (κ3) is 14.2. The van der Waals surface area contributed by atoms with Crippen molar-refractivity contribution in [2.45, 2.75) is 117 Å². The number of aryl methyl sites for hydroxylation is 6. The third-order valence-electron chi connectivity index (χ3n) is 7.18. The van der Waals surface area contributed by atoms with Gasteiger partial charge < -0.3 is 15.4 Å². The zero-order valence-electron chi connectivity index (χ0n) is 30.8. The lowest BCUT2D eigenvalue weighted by atomic mass is 10.1. The second kappa shape index (κ2) is 19.3. The van der Waals surface area contributed by atoms with Gasteiger partial charge in [0.05, 0.1) is 9.79 Å². The summed E-state index contributed by atoms with van der Waals surface area (Å²) in [6.07, 6.45) is 1.70. The molecule has 0 unspecified atom stereocenters. The number of hydrogen-bond donors (Lipinski definition) is 3. The number of hydrogen-bond acceptors (Lipinski definition) is 7. The average molecular weight is 711 g/mol. The fourth-order valence-corrected chi connectivity index (χ4v) is 8.89. The molecule has 0 aliphatic heterocycles. The van der Waals surface area contributed by atoms with Gasteiger partial charge in [0.25, 0.3) is 0 Å². The van der Waals surface area contributed by atoms with E-state index in [4.69, 9.17) is 4.74 Å². The van der Waals surface area contributed by atoms with Gasteiger partial charge in [-0.25, -0.2) is 26.4 Å². The molecule has 2 aromatic rings. The van der Waals surface area contributed by atoms with E-state index in [0.29, 0.717) is 61.7 Å². The molecular formula is C35H58N4O7S2. The molecule has 0 saturated heterocycles. The first kappa shape index (κ1) is 43.0. The Balaban J connectivity index is 0.000000607. The van der Waals surface area contributed by atoms with E-state index in [-0.39, 0.29) is 12.5 Å². The molecule has 0 fully saturated rings. The van der Waals surface area contributed by atoms with Crippen molar-refractivity contribution in [1.29, 1.82) is 0 Å². The van der Waals surface area contributed by atoms with Crippen LogP contribution in [0.5, 0.6) is 0 Å². The first-order chi connectivity index (χ1) is 22.2. The number of benzene rings is 2. The fourth-order valence-electron chi connectivity index (χ4n) is 5.47. The molecule has 0 atom stereocenters. The molecule has 0 aromatic heterocycles. The van der Waals surface area contributed by atoms with Gasteiger partial charge in [0, 0.05) is 39.1 Å². The summed E-state index contributed by atoms with van der Waals surface area (Å²) in [6, 6.07) is 7.50. The monoisotopic (exact) mass is 710 g/mol. The molecule has 0 heterocycles. The molecule has 2 aromatic carbocycles. The number of amides is 2. The Labute approximate surface area is 289 Å². The minimum atomic E-state index is -3.61. The second-order valence-corrected chi connectivity index (χ2v) is 16.6. The normalized spacial score (nSPS) is 11.9. The van der Waals surface area contributed by atoms with Gasteiger partial charge in [-0.3, -0.25) is 4.79 Å². The fraction of sp³-hybridized carbons (Fsp3) is 0.600. The third-order valence-corrected chi connectivity index (χ3v) is 11.2. The summed E-state index contributed by atoms with van der Waals surface area (Å²) in [4.78, 5) is 23.0. The van der Waals surface area contributed by atoms with Gasteiger partial charge in [0.2, 0.25) is 26.0 Å². The summed E-state index contributed by atoms with van der Waals surface area (Å²) < 4.78 is 61.2. The summed E-state index contributed by atoms with van der Waals surface area (Å²) in [5, 5.41) is 5.28. The molecule has 0 bridgehead atoms. The van der Waals surface area contributed by atoms with Gasteiger partial charge in [-0.05, 0) is 111 Å². The van der Waals surface area contributed by atoms with Crippen LogP contribution in [0.15, 0.2) is 34.1 Å². The largest absolute Gasteiger partial charge is 0.444 e. The highest BCUT2D eigenvalue weighted by Gasteiger charge is 2.27. The van der Waals surface area contributed by atoms with E-state index in [9.17, 15) is 26.4 Å². The Morgan fingerprint density at radius 2 is 1.23 bits per heavy atom. The predicted molar refractivity (Wildman–Crippen MR) is 192 cm³/mol. The molecule has 0 spiro atoms. The number of sulfonamides is 2. The van der Waals surface area contributed by atoms with Crippen LogP contribution in [0.3, 0.4) is 0 Å². The van der Waals surface area contributed by atoms with Gasteiger partial charge in [0.1, 0.15) is 5.60 Å². The quantitative estimate of drug-likeness (QED) is 0.200. The first-order valence-corrected chi connectivity index (χ1v) is 19.5. The van der Waals surface area contributed by atoms with Gasteiger partial charge >= 0.3 is 6.09 Å². The summed E-state index contributed by atoms with van der Waals surface area (Å²) in [7, 11) is -7.22. The Kier molecular flexibility index (Phi) is 17.3. The molecule has 272 valence electrons. The van der Waals surface area contributed by atoms with E-state index < -0.39 is 31.7 Å². The van der Waals surface area contributed by atoms with E-state index in [0.717, 1.165) is 33.4 Å². The zero-order valence-corrected chi connectivity index (χ0v) is 32.4. The van der Waals surface area contributed by atoms with E-state index in [1.165, 1.54) is 4.31 Å². The highest BCUT2D eigenvalue weighted by Crippen LogP contribution is 2.26. The molecule has 2 amide bonds. The van der Waals surface area contributed by atoms with Crippen molar-refractivity contribution >= 4 is 32.0 Å². The van der Waals surface area contributed by atoms with Crippen molar-refractivity contribution in [2.75, 3.05) is 32.7 Å². The molecular weight excluding hydrogens is 653 g/mol. The molecule has 48 heavy (non-hydrogen) atoms.